The van der Waals surface area contributed by atoms with Crippen LogP contribution in [0.25, 0.3) is 22.4 Å². The zero-order valence-electron chi connectivity index (χ0n) is 12.6. The summed E-state index contributed by atoms with van der Waals surface area (Å²) in [6.07, 6.45) is 6.15. The van der Waals surface area contributed by atoms with E-state index in [-0.39, 0.29) is 0 Å². The highest BCUT2D eigenvalue weighted by molar-refractivity contribution is 5.80. The maximum Gasteiger partial charge on any atom is 0.141 e. The molecule has 4 nitrogen and oxygen atoms in total. The summed E-state index contributed by atoms with van der Waals surface area (Å²) in [4.78, 5) is 8.99. The molecular formula is C18H20N4. The molecule has 0 saturated carbocycles. The van der Waals surface area contributed by atoms with Crippen LogP contribution < -0.4 is 5.32 Å². The Bertz CT molecular complexity index is 757. The first-order valence-corrected chi connectivity index (χ1v) is 7.98. The van der Waals surface area contributed by atoms with Crippen LogP contribution in [0.4, 0.5) is 0 Å². The van der Waals surface area contributed by atoms with E-state index in [4.69, 9.17) is 4.98 Å². The Labute approximate surface area is 130 Å². The molecule has 3 aromatic rings. The van der Waals surface area contributed by atoms with Crippen molar-refractivity contribution in [1.29, 1.82) is 0 Å². The van der Waals surface area contributed by atoms with Crippen LogP contribution in [0.2, 0.25) is 0 Å². The summed E-state index contributed by atoms with van der Waals surface area (Å²) in [5.41, 5.74) is 3.44. The van der Waals surface area contributed by atoms with Crippen molar-refractivity contribution in [2.24, 2.45) is 5.92 Å². The fraction of sp³-hybridized carbons (Fsp3) is 0.333. The highest BCUT2D eigenvalue weighted by Crippen LogP contribution is 2.27. The van der Waals surface area contributed by atoms with Gasteiger partial charge in [0.15, 0.2) is 0 Å². The largest absolute Gasteiger partial charge is 0.324 e. The molecule has 0 spiro atoms. The molecule has 0 amide bonds. The SMILES string of the molecule is c1ccc2c(c1)nc(-c1ccncc1)n2CC1CCNCC1. The fourth-order valence-electron chi connectivity index (χ4n) is 3.30. The third-order valence-corrected chi connectivity index (χ3v) is 4.49. The van der Waals surface area contributed by atoms with Crippen LogP contribution in [0.15, 0.2) is 48.8 Å². The molecule has 1 N–H and O–H groups in total. The average Bonchev–Trinajstić information content (AvgIpc) is 2.95. The monoisotopic (exact) mass is 292 g/mol. The number of hydrogen-bond acceptors (Lipinski definition) is 3. The summed E-state index contributed by atoms with van der Waals surface area (Å²) in [6, 6.07) is 12.5. The van der Waals surface area contributed by atoms with Gasteiger partial charge in [0.25, 0.3) is 0 Å². The summed E-state index contributed by atoms with van der Waals surface area (Å²) in [5, 5.41) is 3.44. The average molecular weight is 292 g/mol. The summed E-state index contributed by atoms with van der Waals surface area (Å²) in [7, 11) is 0. The quantitative estimate of drug-likeness (QED) is 0.806. The summed E-state index contributed by atoms with van der Waals surface area (Å²) < 4.78 is 2.39. The lowest BCUT2D eigenvalue weighted by Crippen LogP contribution is -2.30. The molecule has 0 bridgehead atoms. The van der Waals surface area contributed by atoms with Crippen molar-refractivity contribution in [3.63, 3.8) is 0 Å². The van der Waals surface area contributed by atoms with Crippen molar-refractivity contribution in [1.82, 2.24) is 19.9 Å². The molecule has 1 saturated heterocycles. The molecule has 4 heteroatoms. The van der Waals surface area contributed by atoms with Gasteiger partial charge in [-0.3, -0.25) is 4.98 Å². The number of rotatable bonds is 3. The second-order valence-corrected chi connectivity index (χ2v) is 5.96. The second-order valence-electron chi connectivity index (χ2n) is 5.96. The van der Waals surface area contributed by atoms with Crippen LogP contribution in [0.5, 0.6) is 0 Å². The predicted molar refractivity (Wildman–Crippen MR) is 88.6 cm³/mol. The predicted octanol–water partition coefficient (Wildman–Crippen LogP) is 3.10. The topological polar surface area (TPSA) is 42.7 Å². The Morgan fingerprint density at radius 3 is 2.64 bits per heavy atom. The smallest absolute Gasteiger partial charge is 0.141 e. The number of imidazole rings is 1. The van der Waals surface area contributed by atoms with Crippen molar-refractivity contribution < 1.29 is 0 Å². The number of pyridine rings is 1. The molecule has 22 heavy (non-hydrogen) atoms. The van der Waals surface area contributed by atoms with Crippen LogP contribution in [0, 0.1) is 5.92 Å². The number of para-hydroxylation sites is 2. The van der Waals surface area contributed by atoms with E-state index in [0.29, 0.717) is 0 Å². The van der Waals surface area contributed by atoms with Crippen molar-refractivity contribution in [2.75, 3.05) is 13.1 Å². The van der Waals surface area contributed by atoms with Gasteiger partial charge in [-0.05, 0) is 56.1 Å². The minimum absolute atomic E-state index is 0.722. The van der Waals surface area contributed by atoms with Gasteiger partial charge in [0.05, 0.1) is 11.0 Å². The third kappa shape index (κ3) is 2.50. The Balaban J connectivity index is 1.79. The molecule has 1 aromatic carbocycles. The van der Waals surface area contributed by atoms with Gasteiger partial charge < -0.3 is 9.88 Å². The number of nitrogens with zero attached hydrogens (tertiary/aromatic N) is 3. The normalized spacial score (nSPS) is 16.2. The maximum atomic E-state index is 4.87. The third-order valence-electron chi connectivity index (χ3n) is 4.49. The number of nitrogens with one attached hydrogen (secondary N) is 1. The molecule has 0 atom stereocenters. The molecule has 1 aliphatic rings. The molecule has 0 aliphatic carbocycles. The minimum atomic E-state index is 0.722. The van der Waals surface area contributed by atoms with Gasteiger partial charge in [-0.25, -0.2) is 4.98 Å². The van der Waals surface area contributed by atoms with Crippen molar-refractivity contribution >= 4 is 11.0 Å². The Kier molecular flexibility index (Phi) is 3.60. The zero-order chi connectivity index (χ0) is 14.8. The van der Waals surface area contributed by atoms with Crippen LogP contribution in [-0.2, 0) is 6.54 Å². The van der Waals surface area contributed by atoms with E-state index in [1.807, 2.05) is 24.5 Å². The zero-order valence-corrected chi connectivity index (χ0v) is 12.6. The molecule has 4 rings (SSSR count). The maximum absolute atomic E-state index is 4.87. The number of aromatic nitrogens is 3. The Morgan fingerprint density at radius 2 is 1.82 bits per heavy atom. The van der Waals surface area contributed by atoms with Crippen molar-refractivity contribution in [3.8, 4) is 11.4 Å². The molecule has 0 radical (unpaired) electrons. The standard InChI is InChI=1S/C18H20N4/c1-2-4-17-16(3-1)21-18(15-7-11-20-12-8-15)22(17)13-14-5-9-19-10-6-14/h1-4,7-8,11-12,14,19H,5-6,9-10,13H2. The molecule has 1 fully saturated rings. The lowest BCUT2D eigenvalue weighted by Gasteiger charge is -2.24. The highest BCUT2D eigenvalue weighted by atomic mass is 15.1. The first kappa shape index (κ1) is 13.5. The fourth-order valence-corrected chi connectivity index (χ4v) is 3.30. The van der Waals surface area contributed by atoms with E-state index >= 15 is 0 Å². The molecule has 3 heterocycles. The first-order chi connectivity index (χ1) is 10.9. The van der Waals surface area contributed by atoms with Gasteiger partial charge in [-0.1, -0.05) is 12.1 Å². The van der Waals surface area contributed by atoms with Crippen LogP contribution in [0.3, 0.4) is 0 Å². The number of fused-ring (bicyclic) bond motifs is 1. The number of hydrogen-bond donors (Lipinski definition) is 1. The Morgan fingerprint density at radius 1 is 1.05 bits per heavy atom. The van der Waals surface area contributed by atoms with Gasteiger partial charge in [-0.15, -0.1) is 0 Å². The van der Waals surface area contributed by atoms with Gasteiger partial charge in [0, 0.05) is 24.5 Å². The molecule has 0 unspecified atom stereocenters. The minimum Gasteiger partial charge on any atom is -0.324 e. The summed E-state index contributed by atoms with van der Waals surface area (Å²) >= 11 is 0. The van der Waals surface area contributed by atoms with E-state index in [1.54, 1.807) is 0 Å². The van der Waals surface area contributed by atoms with Crippen LogP contribution in [-0.4, -0.2) is 27.6 Å². The lowest BCUT2D eigenvalue weighted by molar-refractivity contribution is 0.337. The van der Waals surface area contributed by atoms with Crippen LogP contribution >= 0.6 is 0 Å². The van der Waals surface area contributed by atoms with E-state index in [0.717, 1.165) is 42.5 Å². The van der Waals surface area contributed by atoms with Gasteiger partial charge in [-0.2, -0.15) is 0 Å². The molecule has 1 aliphatic heterocycles. The summed E-state index contributed by atoms with van der Waals surface area (Å²) in [6.45, 7) is 3.30. The van der Waals surface area contributed by atoms with E-state index < -0.39 is 0 Å². The van der Waals surface area contributed by atoms with Crippen molar-refractivity contribution in [2.45, 2.75) is 19.4 Å². The number of benzene rings is 1. The van der Waals surface area contributed by atoms with Crippen LogP contribution in [0.1, 0.15) is 12.8 Å². The summed E-state index contributed by atoms with van der Waals surface area (Å²) in [5.74, 6) is 1.78. The number of piperidine rings is 1. The second kappa shape index (κ2) is 5.89. The molecular weight excluding hydrogens is 272 g/mol. The molecule has 112 valence electrons. The van der Waals surface area contributed by atoms with Crippen molar-refractivity contribution in [3.05, 3.63) is 48.8 Å². The lowest BCUT2D eigenvalue weighted by atomic mass is 9.98. The van der Waals surface area contributed by atoms with E-state index in [9.17, 15) is 0 Å². The van der Waals surface area contributed by atoms with E-state index in [1.165, 1.54) is 18.4 Å². The van der Waals surface area contributed by atoms with E-state index in [2.05, 4.69) is 39.1 Å². The van der Waals surface area contributed by atoms with Gasteiger partial charge in [0.1, 0.15) is 5.82 Å². The Hall–Kier alpha value is -2.20. The van der Waals surface area contributed by atoms with Gasteiger partial charge >= 0.3 is 0 Å². The van der Waals surface area contributed by atoms with Gasteiger partial charge in [0.2, 0.25) is 0 Å². The molecule has 2 aromatic heterocycles. The first-order valence-electron chi connectivity index (χ1n) is 7.98. The highest BCUT2D eigenvalue weighted by Gasteiger charge is 2.18.